The van der Waals surface area contributed by atoms with Crippen molar-refractivity contribution < 1.29 is 9.59 Å². The number of hydrogen-bond donors (Lipinski definition) is 2. The molecule has 0 radical (unpaired) electrons. The number of amides is 1. The van der Waals surface area contributed by atoms with Crippen LogP contribution in [0, 0.1) is 0 Å². The summed E-state index contributed by atoms with van der Waals surface area (Å²) in [7, 11) is 1.68. The molecule has 0 aromatic heterocycles. The molecule has 0 atom stereocenters. The average molecular weight is 304 g/mol. The minimum Gasteiger partial charge on any atom is -0.358 e. The lowest BCUT2D eigenvalue weighted by atomic mass is 9.86. The van der Waals surface area contributed by atoms with Crippen molar-refractivity contribution in [2.24, 2.45) is 0 Å². The number of carbonyl (C=O) groups excluding carboxylic acids is 2. The second kappa shape index (κ2) is 6.22. The summed E-state index contributed by atoms with van der Waals surface area (Å²) < 4.78 is 0. The molecule has 120 valence electrons. The van der Waals surface area contributed by atoms with E-state index in [4.69, 9.17) is 0 Å². The van der Waals surface area contributed by atoms with Crippen molar-refractivity contribution in [1.82, 2.24) is 20.4 Å². The van der Waals surface area contributed by atoms with Crippen LogP contribution in [0.2, 0.25) is 0 Å². The molecule has 2 aliphatic heterocycles. The van der Waals surface area contributed by atoms with Gasteiger partial charge in [-0.3, -0.25) is 14.5 Å². The highest BCUT2D eigenvalue weighted by Gasteiger charge is 2.46. The monoisotopic (exact) mass is 304 g/mol. The predicted molar refractivity (Wildman–Crippen MR) is 84.0 cm³/mol. The molecular weight excluding hydrogens is 280 g/mol. The van der Waals surface area contributed by atoms with E-state index in [1.807, 2.05) is 12.2 Å². The maximum atomic E-state index is 11.7. The first-order valence-electron chi connectivity index (χ1n) is 7.95. The van der Waals surface area contributed by atoms with Crippen LogP contribution in [-0.4, -0.2) is 66.9 Å². The van der Waals surface area contributed by atoms with E-state index < -0.39 is 0 Å². The molecule has 0 aromatic rings. The molecule has 0 bridgehead atoms. The Morgan fingerprint density at radius 2 is 2.14 bits per heavy atom. The van der Waals surface area contributed by atoms with Crippen molar-refractivity contribution in [1.29, 1.82) is 0 Å². The molecule has 2 heterocycles. The van der Waals surface area contributed by atoms with Crippen LogP contribution in [0.1, 0.15) is 19.3 Å². The third-order valence-corrected chi connectivity index (χ3v) is 4.88. The lowest BCUT2D eigenvalue weighted by molar-refractivity contribution is -0.121. The van der Waals surface area contributed by atoms with Gasteiger partial charge in [0.1, 0.15) is 0 Å². The van der Waals surface area contributed by atoms with Crippen LogP contribution in [0.4, 0.5) is 0 Å². The lowest BCUT2D eigenvalue weighted by Gasteiger charge is -2.43. The van der Waals surface area contributed by atoms with Crippen LogP contribution < -0.4 is 10.6 Å². The van der Waals surface area contributed by atoms with Gasteiger partial charge >= 0.3 is 0 Å². The average Bonchev–Trinajstić information content (AvgIpc) is 2.86. The second-order valence-corrected chi connectivity index (χ2v) is 6.34. The van der Waals surface area contributed by atoms with E-state index in [1.165, 1.54) is 0 Å². The number of likely N-dealkylation sites (N-methyl/N-ethyl adjacent to an activating group) is 1. The summed E-state index contributed by atoms with van der Waals surface area (Å²) >= 11 is 0. The third kappa shape index (κ3) is 2.94. The van der Waals surface area contributed by atoms with Crippen molar-refractivity contribution >= 4 is 11.7 Å². The molecule has 2 saturated heterocycles. The number of hydrogen-bond acceptors (Lipinski definition) is 5. The first-order valence-corrected chi connectivity index (χ1v) is 7.95. The van der Waals surface area contributed by atoms with Gasteiger partial charge in [-0.05, 0) is 38.1 Å². The van der Waals surface area contributed by atoms with Gasteiger partial charge in [-0.25, -0.2) is 0 Å². The van der Waals surface area contributed by atoms with Gasteiger partial charge in [0.05, 0.1) is 18.8 Å². The van der Waals surface area contributed by atoms with Gasteiger partial charge in [0, 0.05) is 25.7 Å². The number of piperidine rings is 1. The predicted octanol–water partition coefficient (Wildman–Crippen LogP) is -0.157. The molecule has 0 aromatic carbocycles. The quantitative estimate of drug-likeness (QED) is 0.759. The van der Waals surface area contributed by atoms with E-state index >= 15 is 0 Å². The van der Waals surface area contributed by atoms with E-state index in [2.05, 4.69) is 20.4 Å². The number of rotatable bonds is 3. The Morgan fingerprint density at radius 1 is 1.36 bits per heavy atom. The van der Waals surface area contributed by atoms with E-state index in [0.717, 1.165) is 44.8 Å². The molecule has 22 heavy (non-hydrogen) atoms. The van der Waals surface area contributed by atoms with Crippen LogP contribution in [0.3, 0.4) is 0 Å². The van der Waals surface area contributed by atoms with Gasteiger partial charge in [-0.1, -0.05) is 6.08 Å². The number of allylic oxidation sites excluding steroid dienone is 3. The summed E-state index contributed by atoms with van der Waals surface area (Å²) in [5.41, 5.74) is 1.21. The maximum Gasteiger partial charge on any atom is 0.233 e. The van der Waals surface area contributed by atoms with E-state index in [0.29, 0.717) is 13.0 Å². The summed E-state index contributed by atoms with van der Waals surface area (Å²) in [5.74, 6) is 0.207. The van der Waals surface area contributed by atoms with Crippen molar-refractivity contribution in [3.05, 3.63) is 23.9 Å². The van der Waals surface area contributed by atoms with Crippen LogP contribution in [-0.2, 0) is 9.59 Å². The fourth-order valence-corrected chi connectivity index (χ4v) is 3.69. The topological polar surface area (TPSA) is 64.7 Å². The highest BCUT2D eigenvalue weighted by atomic mass is 16.2. The van der Waals surface area contributed by atoms with Crippen LogP contribution in [0.25, 0.3) is 0 Å². The van der Waals surface area contributed by atoms with Gasteiger partial charge in [0.2, 0.25) is 5.91 Å². The second-order valence-electron chi connectivity index (χ2n) is 6.34. The van der Waals surface area contributed by atoms with Crippen molar-refractivity contribution in [3.63, 3.8) is 0 Å². The van der Waals surface area contributed by atoms with Gasteiger partial charge in [0.15, 0.2) is 5.78 Å². The Morgan fingerprint density at radius 3 is 2.77 bits per heavy atom. The third-order valence-electron chi connectivity index (χ3n) is 4.88. The zero-order chi connectivity index (χ0) is 15.6. The van der Waals surface area contributed by atoms with Gasteiger partial charge in [-0.2, -0.15) is 0 Å². The molecule has 3 aliphatic rings. The molecule has 2 N–H and O–H groups in total. The Bertz CT molecular complexity index is 520. The van der Waals surface area contributed by atoms with E-state index in [9.17, 15) is 9.59 Å². The van der Waals surface area contributed by atoms with Gasteiger partial charge in [0.25, 0.3) is 0 Å². The fraction of sp³-hybridized carbons (Fsp3) is 0.625. The molecule has 1 spiro atoms. The van der Waals surface area contributed by atoms with Crippen LogP contribution in [0.5, 0.6) is 0 Å². The summed E-state index contributed by atoms with van der Waals surface area (Å²) in [6.45, 7) is 4.08. The number of ketones is 1. The minimum absolute atomic E-state index is 0.0503. The molecular formula is C16H24N4O2. The number of carbonyl (C=O) groups is 2. The first kappa shape index (κ1) is 15.2. The maximum absolute atomic E-state index is 11.7. The summed E-state index contributed by atoms with van der Waals surface area (Å²) in [5, 5.41) is 6.12. The molecule has 3 rings (SSSR count). The Kier molecular flexibility index (Phi) is 4.31. The molecule has 2 fully saturated rings. The normalized spacial score (nSPS) is 24.7. The first-order chi connectivity index (χ1) is 10.6. The van der Waals surface area contributed by atoms with Crippen molar-refractivity contribution in [2.75, 3.05) is 39.9 Å². The summed E-state index contributed by atoms with van der Waals surface area (Å²) in [6.07, 6.45) is 8.24. The van der Waals surface area contributed by atoms with E-state index in [1.54, 1.807) is 13.1 Å². The summed E-state index contributed by atoms with van der Waals surface area (Å²) in [4.78, 5) is 27.7. The SMILES string of the molecule is CNC(=O)CN1CN(C2=CCC(=O)C=C2)C2(CCNCC2)C1. The molecule has 0 unspecified atom stereocenters. The lowest BCUT2D eigenvalue weighted by Crippen LogP contribution is -2.52. The van der Waals surface area contributed by atoms with Crippen molar-refractivity contribution in [3.8, 4) is 0 Å². The molecule has 1 amide bonds. The highest BCUT2D eigenvalue weighted by molar-refractivity contribution is 5.92. The Hall–Kier alpha value is -1.66. The molecule has 6 nitrogen and oxygen atoms in total. The standard InChI is InChI=1S/C16H24N4O2/c1-17-15(22)10-19-11-16(6-8-18-9-7-16)20(12-19)13-2-4-14(21)5-3-13/h2-4,18H,5-12H2,1H3,(H,17,22). The zero-order valence-electron chi connectivity index (χ0n) is 13.1. The van der Waals surface area contributed by atoms with E-state index in [-0.39, 0.29) is 17.2 Å². The Labute approximate surface area is 131 Å². The molecule has 1 aliphatic carbocycles. The highest BCUT2D eigenvalue weighted by Crippen LogP contribution is 2.36. The zero-order valence-corrected chi connectivity index (χ0v) is 13.1. The Balaban J connectivity index is 1.80. The minimum atomic E-state index is 0.0503. The number of nitrogens with one attached hydrogen (secondary N) is 2. The molecule has 6 heteroatoms. The summed E-state index contributed by atoms with van der Waals surface area (Å²) in [6, 6.07) is 0. The number of nitrogens with zero attached hydrogens (tertiary/aromatic N) is 2. The molecule has 0 saturated carbocycles. The van der Waals surface area contributed by atoms with Crippen LogP contribution >= 0.6 is 0 Å². The van der Waals surface area contributed by atoms with Gasteiger partial charge < -0.3 is 15.5 Å². The van der Waals surface area contributed by atoms with Crippen molar-refractivity contribution in [2.45, 2.75) is 24.8 Å². The van der Waals surface area contributed by atoms with Gasteiger partial charge in [-0.15, -0.1) is 0 Å². The smallest absolute Gasteiger partial charge is 0.233 e. The largest absolute Gasteiger partial charge is 0.358 e. The fourth-order valence-electron chi connectivity index (χ4n) is 3.69. The van der Waals surface area contributed by atoms with Crippen LogP contribution in [0.15, 0.2) is 23.9 Å².